The monoisotopic (exact) mass is 741 g/mol. The third-order valence-corrected chi connectivity index (χ3v) is 0. The summed E-state index contributed by atoms with van der Waals surface area (Å²) >= 11 is 0. The first-order chi connectivity index (χ1) is 0. The summed E-state index contributed by atoms with van der Waals surface area (Å²) in [5, 5.41) is 0. The zero-order valence-electron chi connectivity index (χ0n) is 7.40. The van der Waals surface area contributed by atoms with Gasteiger partial charge in [0.15, 0.2) is 0 Å². The molecule has 0 spiro atoms. The predicted octanol–water partition coefficient (Wildman–Crippen LogP) is -3.07. The molecule has 0 nitrogen and oxygen atoms in total. The van der Waals surface area contributed by atoms with E-state index < -0.39 is 0 Å². The van der Waals surface area contributed by atoms with Crippen LogP contribution >= 0.6 is 0 Å². The van der Waals surface area contributed by atoms with Gasteiger partial charge in [-0.1, -0.05) is 40.5 Å². The Bertz CT molecular complexity index is 24.7. The second-order valence-electron chi connectivity index (χ2n) is 0. The summed E-state index contributed by atoms with van der Waals surface area (Å²) < 4.78 is 0. The number of thiol groups is 4. The van der Waals surface area contributed by atoms with Gasteiger partial charge in [-0.2, -0.15) is 0 Å². The van der Waals surface area contributed by atoms with Crippen LogP contribution in [0.1, 0.15) is 0 Å². The fraction of sp³-hybridized carbons (Fsp3) is 0. The second kappa shape index (κ2) is 205. The van der Waals surface area contributed by atoms with Crippen molar-refractivity contribution >= 4 is 94.5 Å². The molecular weight excluding hydrogens is 723 g/mol. The van der Waals surface area contributed by atoms with Crippen LogP contribution in [0.2, 0.25) is 0 Å². The maximum Gasteiger partial charge on any atom is 2.00 e. The SMILES string of the molecule is [CH3-].[Fe+2].[Fe].[Fe].[Fe].[Fe].[Fe].[Fe].[Mo].[SH-].[SH-].[SH-].[SH-].[SH3+].[SH3+].[SH3+]. The molecule has 0 N–H and O–H groups in total. The van der Waals surface area contributed by atoms with Crippen molar-refractivity contribution in [1.29, 1.82) is 0 Å². The zero-order valence-corrected chi connectivity index (χ0v) is 24.2. The first-order valence-corrected chi connectivity index (χ1v) is 0. The van der Waals surface area contributed by atoms with E-state index in [4.69, 9.17) is 0 Å². The van der Waals surface area contributed by atoms with E-state index in [0.717, 1.165) is 0 Å². The molecule has 0 atom stereocenters. The van der Waals surface area contributed by atoms with Crippen molar-refractivity contribution in [2.24, 2.45) is 0 Å². The summed E-state index contributed by atoms with van der Waals surface area (Å²) in [7, 11) is 0. The summed E-state index contributed by atoms with van der Waals surface area (Å²) in [6.45, 7) is 0. The van der Waals surface area contributed by atoms with Crippen LogP contribution in [0.5, 0.6) is 0 Å². The quantitative estimate of drug-likeness (QED) is 0.0852. The molecule has 124 valence electrons. The van der Waals surface area contributed by atoms with E-state index in [2.05, 4.69) is 0 Å². The molecule has 0 aliphatic heterocycles. The summed E-state index contributed by atoms with van der Waals surface area (Å²) in [6, 6.07) is 0. The Balaban J connectivity index is 0. The number of hydrogen-bond donors (Lipinski definition) is 0. The first-order valence-electron chi connectivity index (χ1n) is 0. The van der Waals surface area contributed by atoms with Crippen molar-refractivity contribution in [3.63, 3.8) is 0 Å². The van der Waals surface area contributed by atoms with Gasteiger partial charge in [0.05, 0.1) is 0 Å². The van der Waals surface area contributed by atoms with Gasteiger partial charge in [-0.25, -0.2) is 0 Å². The van der Waals surface area contributed by atoms with Crippen molar-refractivity contribution < 1.29 is 141 Å². The van der Waals surface area contributed by atoms with Gasteiger partial charge in [-0.3, -0.25) is 0 Å². The predicted molar refractivity (Wildman–Crippen MR) is 76.1 cm³/mol. The van der Waals surface area contributed by atoms with Crippen molar-refractivity contribution in [2.45, 2.75) is 0 Å². The Morgan fingerprint density at radius 2 is 0.375 bits per heavy atom. The molecule has 0 unspecified atom stereocenters. The molecule has 0 rings (SSSR count). The largest absolute Gasteiger partial charge is 2.00 e. The first kappa shape index (κ1) is 235. The zero-order chi connectivity index (χ0) is 0. The van der Waals surface area contributed by atoms with Gasteiger partial charge in [-0.05, 0) is 0 Å². The molecule has 0 aliphatic carbocycles. The van der Waals surface area contributed by atoms with Crippen molar-refractivity contribution in [3.8, 4) is 0 Å². The van der Waals surface area contributed by atoms with Gasteiger partial charge < -0.3 is 61.4 Å². The minimum atomic E-state index is 0. The third-order valence-electron chi connectivity index (χ3n) is 0. The fourth-order valence-corrected chi connectivity index (χ4v) is 0. The Morgan fingerprint density at radius 1 is 0.375 bits per heavy atom. The van der Waals surface area contributed by atoms with Gasteiger partial charge >= 0.3 is 17.1 Å². The summed E-state index contributed by atoms with van der Waals surface area (Å²) in [5.74, 6) is 0. The van der Waals surface area contributed by atoms with Crippen LogP contribution in [0.15, 0.2) is 0 Å². The van der Waals surface area contributed by atoms with E-state index >= 15 is 0 Å². The summed E-state index contributed by atoms with van der Waals surface area (Å²) in [4.78, 5) is 0. The molecule has 0 saturated heterocycles. The normalized spacial score (nSPS) is 0. The van der Waals surface area contributed by atoms with Crippen LogP contribution in [0.25, 0.3) is 0 Å². The van der Waals surface area contributed by atoms with Gasteiger partial charge in [-0.15, -0.1) is 0 Å². The van der Waals surface area contributed by atoms with Gasteiger partial charge in [0.1, 0.15) is 0 Å². The van der Waals surface area contributed by atoms with Crippen molar-refractivity contribution in [3.05, 3.63) is 7.43 Å². The molecule has 16 heavy (non-hydrogen) atoms. The van der Waals surface area contributed by atoms with Crippen LogP contribution in [0.3, 0.4) is 0 Å². The molecular formula is CH16Fe7MoS7. The topological polar surface area (TPSA) is 0 Å². The maximum atomic E-state index is 0. The molecule has 0 aromatic carbocycles. The molecule has 0 amide bonds. The molecule has 0 aromatic rings. The molecule has 0 aliphatic rings. The van der Waals surface area contributed by atoms with Crippen LogP contribution in [-0.4, -0.2) is 0 Å². The Kier molecular flexibility index (Phi) is 3010. The van der Waals surface area contributed by atoms with E-state index in [-0.39, 0.29) is 242 Å². The molecule has 0 heterocycles. The van der Waals surface area contributed by atoms with E-state index in [0.29, 0.717) is 0 Å². The van der Waals surface area contributed by atoms with Crippen LogP contribution in [0.4, 0.5) is 0 Å². The summed E-state index contributed by atoms with van der Waals surface area (Å²) in [6.07, 6.45) is 0. The molecule has 15 heteroatoms. The molecule has 0 saturated carbocycles. The fourth-order valence-electron chi connectivity index (χ4n) is 0. The summed E-state index contributed by atoms with van der Waals surface area (Å²) in [5.41, 5.74) is 0. The minimum absolute atomic E-state index is 0. The van der Waals surface area contributed by atoms with Crippen LogP contribution in [0, 0.1) is 7.43 Å². The third kappa shape index (κ3) is 177. The van der Waals surface area contributed by atoms with Gasteiger partial charge in [0.25, 0.3) is 0 Å². The van der Waals surface area contributed by atoms with E-state index in [1.165, 1.54) is 0 Å². The number of rotatable bonds is 0. The molecule has 0 radical (unpaired) electrons. The van der Waals surface area contributed by atoms with E-state index in [9.17, 15) is 0 Å². The standard InChI is InChI=1S/CH3.7Fe.Mo.7H2S/h1H3;;;;;;;;;7*1H2/q-1;;;;;;;+2;;;;;;;;/p-1. The van der Waals surface area contributed by atoms with E-state index in [1.54, 1.807) is 0 Å². The minimum Gasteiger partial charge on any atom is -0.813 e. The van der Waals surface area contributed by atoms with Crippen molar-refractivity contribution in [1.82, 2.24) is 0 Å². The average Bonchev–Trinajstić information content (AvgIpc) is 0. The van der Waals surface area contributed by atoms with Crippen LogP contribution in [-0.2, 0) is 235 Å². The molecule has 0 aromatic heterocycles. The van der Waals surface area contributed by atoms with Crippen molar-refractivity contribution in [2.75, 3.05) is 0 Å². The molecule has 0 bridgehead atoms. The van der Waals surface area contributed by atoms with Gasteiger partial charge in [0.2, 0.25) is 0 Å². The Hall–Kier alpha value is 6.77. The smallest absolute Gasteiger partial charge is 0.813 e. The molecule has 0 fully saturated rings. The number of hydrogen-bond acceptors (Lipinski definition) is 4. The Labute approximate surface area is 238 Å². The van der Waals surface area contributed by atoms with Gasteiger partial charge in [0, 0.05) is 123 Å². The Morgan fingerprint density at radius 3 is 0.375 bits per heavy atom. The average molecular weight is 739 g/mol. The van der Waals surface area contributed by atoms with E-state index in [1.807, 2.05) is 0 Å². The van der Waals surface area contributed by atoms with Crippen LogP contribution < -0.4 is 0 Å². The second-order valence-corrected chi connectivity index (χ2v) is 0. The maximum absolute atomic E-state index is 0.